The molecule has 1 aromatic rings. The summed E-state index contributed by atoms with van der Waals surface area (Å²) in [4.78, 5) is 12.9. The third-order valence-corrected chi connectivity index (χ3v) is 7.05. The number of hydrogen-bond donors (Lipinski definition) is 2. The van der Waals surface area contributed by atoms with Crippen LogP contribution in [-0.4, -0.2) is 80.3 Å². The summed E-state index contributed by atoms with van der Waals surface area (Å²) in [5.41, 5.74) is 0. The van der Waals surface area contributed by atoms with Crippen molar-refractivity contribution in [3.63, 3.8) is 0 Å². The van der Waals surface area contributed by atoms with Crippen LogP contribution < -0.4 is 10.6 Å². The second kappa shape index (κ2) is 11.3. The van der Waals surface area contributed by atoms with Crippen LogP contribution in [0.5, 0.6) is 0 Å². The molecular formula is C22H39N5OS. The lowest BCUT2D eigenvalue weighted by molar-refractivity contribution is 0.0186. The number of thiophene rings is 1. The van der Waals surface area contributed by atoms with E-state index < -0.39 is 0 Å². The van der Waals surface area contributed by atoms with Gasteiger partial charge in [-0.15, -0.1) is 11.3 Å². The number of nitrogens with zero attached hydrogens (tertiary/aromatic N) is 3. The van der Waals surface area contributed by atoms with Crippen molar-refractivity contribution in [3.05, 3.63) is 21.9 Å². The molecule has 0 bridgehead atoms. The molecule has 0 aromatic carbocycles. The predicted molar refractivity (Wildman–Crippen MR) is 123 cm³/mol. The second-order valence-electron chi connectivity index (χ2n) is 8.38. The fourth-order valence-corrected chi connectivity index (χ4v) is 5.16. The minimum absolute atomic E-state index is 0.329. The first kappa shape index (κ1) is 22.5. The van der Waals surface area contributed by atoms with Gasteiger partial charge in [0.25, 0.3) is 0 Å². The van der Waals surface area contributed by atoms with Gasteiger partial charge in [0.1, 0.15) is 0 Å². The number of hydrogen-bond acceptors (Lipinski definition) is 5. The first-order chi connectivity index (χ1) is 14.1. The van der Waals surface area contributed by atoms with Crippen LogP contribution >= 0.6 is 11.3 Å². The van der Waals surface area contributed by atoms with Gasteiger partial charge >= 0.3 is 0 Å². The summed E-state index contributed by atoms with van der Waals surface area (Å²) < 4.78 is 5.58. The standard InChI is InChI=1S/C22H39N5OS/c1-5-23-22(25-19-8-10-26(11-9-19)17(2)3)24-16-20(21-7-6-18(4)29-21)27-12-14-28-15-13-27/h6-7,17,19-20H,5,8-16H2,1-4H3,(H2,23,24,25). The van der Waals surface area contributed by atoms with Crippen LogP contribution in [0.4, 0.5) is 0 Å². The van der Waals surface area contributed by atoms with E-state index in [0.29, 0.717) is 18.1 Å². The van der Waals surface area contributed by atoms with Gasteiger partial charge in [0.05, 0.1) is 25.8 Å². The number of aryl methyl sites for hydroxylation is 1. The van der Waals surface area contributed by atoms with Crippen molar-refractivity contribution in [2.45, 2.75) is 58.7 Å². The summed E-state index contributed by atoms with van der Waals surface area (Å²) in [6.07, 6.45) is 2.36. The van der Waals surface area contributed by atoms with Crippen LogP contribution in [0.1, 0.15) is 49.4 Å². The molecule has 7 heteroatoms. The molecule has 0 amide bonds. The molecule has 2 aliphatic heterocycles. The van der Waals surface area contributed by atoms with Crippen LogP contribution in [0.15, 0.2) is 17.1 Å². The number of guanidine groups is 1. The minimum atomic E-state index is 0.329. The van der Waals surface area contributed by atoms with Gasteiger partial charge in [-0.25, -0.2) is 0 Å². The van der Waals surface area contributed by atoms with E-state index in [9.17, 15) is 0 Å². The molecule has 0 saturated carbocycles. The highest BCUT2D eigenvalue weighted by Gasteiger charge is 2.25. The van der Waals surface area contributed by atoms with E-state index in [-0.39, 0.29) is 0 Å². The third kappa shape index (κ3) is 6.67. The van der Waals surface area contributed by atoms with Crippen molar-refractivity contribution >= 4 is 17.3 Å². The Morgan fingerprint density at radius 2 is 1.90 bits per heavy atom. The Kier molecular flexibility index (Phi) is 8.78. The van der Waals surface area contributed by atoms with Crippen LogP contribution in [0.25, 0.3) is 0 Å². The van der Waals surface area contributed by atoms with Gasteiger partial charge in [-0.3, -0.25) is 9.89 Å². The van der Waals surface area contributed by atoms with Crippen molar-refractivity contribution in [2.24, 2.45) is 4.99 Å². The molecule has 2 fully saturated rings. The molecule has 2 N–H and O–H groups in total. The van der Waals surface area contributed by atoms with Gasteiger partial charge in [-0.05, 0) is 52.7 Å². The Balaban J connectivity index is 1.64. The fourth-order valence-electron chi connectivity index (χ4n) is 4.16. The Morgan fingerprint density at radius 1 is 1.17 bits per heavy atom. The summed E-state index contributed by atoms with van der Waals surface area (Å²) in [6, 6.07) is 5.98. The Morgan fingerprint density at radius 3 is 2.48 bits per heavy atom. The first-order valence-electron chi connectivity index (χ1n) is 11.2. The molecule has 1 atom stereocenters. The molecule has 2 aliphatic rings. The van der Waals surface area contributed by atoms with Crippen LogP contribution in [-0.2, 0) is 4.74 Å². The largest absolute Gasteiger partial charge is 0.379 e. The maximum atomic E-state index is 5.58. The fraction of sp³-hybridized carbons (Fsp3) is 0.773. The summed E-state index contributed by atoms with van der Waals surface area (Å²) in [6.45, 7) is 16.5. The maximum absolute atomic E-state index is 5.58. The quantitative estimate of drug-likeness (QED) is 0.524. The van der Waals surface area contributed by atoms with Gasteiger partial charge in [0, 0.05) is 54.6 Å². The number of nitrogens with one attached hydrogen (secondary N) is 2. The van der Waals surface area contributed by atoms with E-state index >= 15 is 0 Å². The van der Waals surface area contributed by atoms with E-state index in [1.807, 2.05) is 11.3 Å². The van der Waals surface area contributed by atoms with Gasteiger partial charge in [-0.1, -0.05) is 0 Å². The zero-order valence-electron chi connectivity index (χ0n) is 18.6. The smallest absolute Gasteiger partial charge is 0.191 e. The molecule has 29 heavy (non-hydrogen) atoms. The van der Waals surface area contributed by atoms with E-state index in [2.05, 4.69) is 60.3 Å². The second-order valence-corrected chi connectivity index (χ2v) is 9.70. The van der Waals surface area contributed by atoms with Gasteiger partial charge in [0.15, 0.2) is 5.96 Å². The molecule has 0 radical (unpaired) electrons. The number of aliphatic imine (C=N–C) groups is 1. The van der Waals surface area contributed by atoms with E-state index in [4.69, 9.17) is 9.73 Å². The average Bonchev–Trinajstić information content (AvgIpc) is 3.15. The number of likely N-dealkylation sites (tertiary alicyclic amines) is 1. The van der Waals surface area contributed by atoms with Crippen molar-refractivity contribution in [1.29, 1.82) is 0 Å². The zero-order valence-corrected chi connectivity index (χ0v) is 19.4. The highest BCUT2D eigenvalue weighted by Crippen LogP contribution is 2.28. The Bertz CT molecular complexity index is 633. The highest BCUT2D eigenvalue weighted by atomic mass is 32.1. The summed E-state index contributed by atoms with van der Waals surface area (Å²) in [5.74, 6) is 0.960. The molecular weight excluding hydrogens is 382 g/mol. The zero-order chi connectivity index (χ0) is 20.6. The molecule has 164 valence electrons. The minimum Gasteiger partial charge on any atom is -0.379 e. The van der Waals surface area contributed by atoms with Crippen LogP contribution in [0.3, 0.4) is 0 Å². The molecule has 0 aliphatic carbocycles. The normalized spacial score (nSPS) is 21.5. The number of morpholine rings is 1. The third-order valence-electron chi connectivity index (χ3n) is 5.94. The summed E-state index contributed by atoms with van der Waals surface area (Å²) >= 11 is 1.89. The molecule has 3 heterocycles. The lowest BCUT2D eigenvalue weighted by atomic mass is 10.0. The van der Waals surface area contributed by atoms with Crippen LogP contribution in [0.2, 0.25) is 0 Å². The SMILES string of the molecule is CCNC(=NCC(c1ccc(C)s1)N1CCOCC1)NC1CCN(C(C)C)CC1. The van der Waals surface area contributed by atoms with E-state index in [1.54, 1.807) is 0 Å². The lowest BCUT2D eigenvalue weighted by Crippen LogP contribution is -2.50. The van der Waals surface area contributed by atoms with Gasteiger partial charge in [0.2, 0.25) is 0 Å². The molecule has 2 saturated heterocycles. The average molecular weight is 422 g/mol. The van der Waals surface area contributed by atoms with Crippen molar-refractivity contribution in [2.75, 3.05) is 52.5 Å². The van der Waals surface area contributed by atoms with E-state index in [1.165, 1.54) is 35.7 Å². The molecule has 1 unspecified atom stereocenters. The predicted octanol–water partition coefficient (Wildman–Crippen LogP) is 2.86. The maximum Gasteiger partial charge on any atom is 0.191 e. The van der Waals surface area contributed by atoms with Gasteiger partial charge < -0.3 is 20.3 Å². The molecule has 3 rings (SSSR count). The van der Waals surface area contributed by atoms with Crippen LogP contribution in [0, 0.1) is 6.92 Å². The molecule has 1 aromatic heterocycles. The molecule has 6 nitrogen and oxygen atoms in total. The molecule has 0 spiro atoms. The Hall–Kier alpha value is -1.15. The monoisotopic (exact) mass is 421 g/mol. The number of ether oxygens (including phenoxy) is 1. The van der Waals surface area contributed by atoms with Crippen molar-refractivity contribution < 1.29 is 4.74 Å². The lowest BCUT2D eigenvalue weighted by Gasteiger charge is -2.35. The van der Waals surface area contributed by atoms with Crippen molar-refractivity contribution in [1.82, 2.24) is 20.4 Å². The number of piperidine rings is 1. The van der Waals surface area contributed by atoms with Gasteiger partial charge in [-0.2, -0.15) is 0 Å². The Labute approximate surface area is 180 Å². The summed E-state index contributed by atoms with van der Waals surface area (Å²) in [5, 5.41) is 7.17. The summed E-state index contributed by atoms with van der Waals surface area (Å²) in [7, 11) is 0. The van der Waals surface area contributed by atoms with Crippen molar-refractivity contribution in [3.8, 4) is 0 Å². The first-order valence-corrected chi connectivity index (χ1v) is 12.1. The topological polar surface area (TPSA) is 52.1 Å². The number of rotatable bonds is 7. The highest BCUT2D eigenvalue weighted by molar-refractivity contribution is 7.12. The van der Waals surface area contributed by atoms with E-state index in [0.717, 1.165) is 45.4 Å².